The van der Waals surface area contributed by atoms with E-state index in [1.54, 1.807) is 18.4 Å². The van der Waals surface area contributed by atoms with Crippen LogP contribution in [0.2, 0.25) is 0 Å². The molecule has 0 saturated heterocycles. The van der Waals surface area contributed by atoms with Crippen LogP contribution in [0.25, 0.3) is 0 Å². The second-order valence-electron chi connectivity index (χ2n) is 6.47. The van der Waals surface area contributed by atoms with Crippen LogP contribution in [0.5, 0.6) is 0 Å². The van der Waals surface area contributed by atoms with Crippen LogP contribution in [0.15, 0.2) is 34.9 Å². The first-order valence-corrected chi connectivity index (χ1v) is 8.87. The number of hydrogen-bond donors (Lipinski definition) is 2. The fourth-order valence-electron chi connectivity index (χ4n) is 2.10. The van der Waals surface area contributed by atoms with Crippen molar-refractivity contribution in [2.24, 2.45) is 4.99 Å². The zero-order chi connectivity index (χ0) is 16.7. The molecule has 0 fully saturated rings. The maximum atomic E-state index is 4.72. The minimum atomic E-state index is 0. The van der Waals surface area contributed by atoms with E-state index in [1.807, 2.05) is 12.1 Å². The quantitative estimate of drug-likeness (QED) is 0.395. The SMILES string of the molecule is CN=C(NCCc1nc(C(C)(C)C)cs1)NCCn1cccc1.I. The van der Waals surface area contributed by atoms with Gasteiger partial charge in [0.1, 0.15) is 0 Å². The lowest BCUT2D eigenvalue weighted by Crippen LogP contribution is -2.39. The van der Waals surface area contributed by atoms with E-state index in [0.29, 0.717) is 0 Å². The maximum absolute atomic E-state index is 4.72. The highest BCUT2D eigenvalue weighted by molar-refractivity contribution is 14.0. The van der Waals surface area contributed by atoms with Gasteiger partial charge in [0.05, 0.1) is 10.7 Å². The number of guanidine groups is 1. The average molecular weight is 461 g/mol. The predicted octanol–water partition coefficient (Wildman–Crippen LogP) is 3.27. The number of aliphatic imine (C=N–C) groups is 1. The molecule has 0 bridgehead atoms. The Hall–Kier alpha value is -1.09. The number of halogens is 1. The molecule has 0 aliphatic heterocycles. The van der Waals surface area contributed by atoms with Crippen molar-refractivity contribution in [3.8, 4) is 0 Å². The molecule has 2 rings (SSSR count). The van der Waals surface area contributed by atoms with Crippen LogP contribution in [0.3, 0.4) is 0 Å². The molecule has 0 unspecified atom stereocenters. The Kier molecular flexibility index (Phi) is 8.75. The lowest BCUT2D eigenvalue weighted by molar-refractivity contribution is 0.570. The van der Waals surface area contributed by atoms with Crippen LogP contribution in [-0.2, 0) is 18.4 Å². The van der Waals surface area contributed by atoms with E-state index in [9.17, 15) is 0 Å². The zero-order valence-electron chi connectivity index (χ0n) is 14.9. The van der Waals surface area contributed by atoms with Crippen molar-refractivity contribution in [1.82, 2.24) is 20.2 Å². The lowest BCUT2D eigenvalue weighted by atomic mass is 9.93. The maximum Gasteiger partial charge on any atom is 0.191 e. The Morgan fingerprint density at radius 3 is 2.46 bits per heavy atom. The molecular weight excluding hydrogens is 433 g/mol. The number of nitrogens with one attached hydrogen (secondary N) is 2. The number of thiazole rings is 1. The van der Waals surface area contributed by atoms with Gasteiger partial charge in [-0.15, -0.1) is 35.3 Å². The van der Waals surface area contributed by atoms with Crippen LogP contribution >= 0.6 is 35.3 Å². The summed E-state index contributed by atoms with van der Waals surface area (Å²) in [5.41, 5.74) is 1.30. The number of aromatic nitrogens is 2. The molecule has 2 aromatic rings. The smallest absolute Gasteiger partial charge is 0.191 e. The largest absolute Gasteiger partial charge is 0.356 e. The van der Waals surface area contributed by atoms with Crippen molar-refractivity contribution in [3.63, 3.8) is 0 Å². The Morgan fingerprint density at radius 1 is 1.21 bits per heavy atom. The first-order chi connectivity index (χ1) is 11.0. The summed E-state index contributed by atoms with van der Waals surface area (Å²) in [5.74, 6) is 0.838. The van der Waals surface area contributed by atoms with E-state index in [-0.39, 0.29) is 29.4 Å². The van der Waals surface area contributed by atoms with E-state index in [4.69, 9.17) is 4.98 Å². The molecule has 7 heteroatoms. The molecule has 2 aromatic heterocycles. The van der Waals surface area contributed by atoms with Gasteiger partial charge in [-0.3, -0.25) is 4.99 Å². The van der Waals surface area contributed by atoms with E-state index in [0.717, 1.165) is 32.0 Å². The standard InChI is InChI=1S/C17H27N5S.HI/c1-17(2,3)14-13-23-15(21-14)7-8-19-16(18-4)20-9-12-22-10-5-6-11-22;/h5-6,10-11,13H,7-9,12H2,1-4H3,(H2,18,19,20);1H. The van der Waals surface area contributed by atoms with Gasteiger partial charge in [-0.05, 0) is 12.1 Å². The van der Waals surface area contributed by atoms with E-state index in [1.165, 1.54) is 10.7 Å². The summed E-state index contributed by atoms with van der Waals surface area (Å²) in [6.07, 6.45) is 5.04. The van der Waals surface area contributed by atoms with Crippen molar-refractivity contribution < 1.29 is 0 Å². The second-order valence-corrected chi connectivity index (χ2v) is 7.42. The van der Waals surface area contributed by atoms with Crippen LogP contribution in [0, 0.1) is 0 Å². The van der Waals surface area contributed by atoms with Gasteiger partial charge in [0, 0.05) is 56.3 Å². The van der Waals surface area contributed by atoms with Gasteiger partial charge in [0.25, 0.3) is 0 Å². The zero-order valence-corrected chi connectivity index (χ0v) is 18.0. The minimum Gasteiger partial charge on any atom is -0.356 e. The Bertz CT molecular complexity index is 613. The fraction of sp³-hybridized carbons (Fsp3) is 0.529. The molecular formula is C17H28IN5S. The predicted molar refractivity (Wildman–Crippen MR) is 114 cm³/mol. The molecule has 0 spiro atoms. The number of rotatable bonds is 6. The minimum absolute atomic E-state index is 0. The molecule has 0 radical (unpaired) electrons. The molecule has 0 aliphatic carbocycles. The van der Waals surface area contributed by atoms with Crippen LogP contribution in [0.1, 0.15) is 31.5 Å². The van der Waals surface area contributed by atoms with Gasteiger partial charge in [0.15, 0.2) is 5.96 Å². The van der Waals surface area contributed by atoms with E-state index >= 15 is 0 Å². The van der Waals surface area contributed by atoms with Crippen LogP contribution in [-0.4, -0.2) is 35.6 Å². The summed E-state index contributed by atoms with van der Waals surface area (Å²) in [7, 11) is 1.80. The Labute approximate surface area is 166 Å². The summed E-state index contributed by atoms with van der Waals surface area (Å²) in [5, 5.41) is 10.0. The normalized spacial score (nSPS) is 11.9. The first kappa shape index (κ1) is 21.0. The Morgan fingerprint density at radius 2 is 1.88 bits per heavy atom. The molecule has 5 nitrogen and oxygen atoms in total. The molecule has 0 aromatic carbocycles. The van der Waals surface area contributed by atoms with Crippen LogP contribution in [0.4, 0.5) is 0 Å². The van der Waals surface area contributed by atoms with Crippen molar-refractivity contribution in [1.29, 1.82) is 0 Å². The molecule has 2 N–H and O–H groups in total. The number of hydrogen-bond acceptors (Lipinski definition) is 3. The number of nitrogens with zero attached hydrogens (tertiary/aromatic N) is 3. The van der Waals surface area contributed by atoms with Crippen molar-refractivity contribution in [3.05, 3.63) is 40.6 Å². The summed E-state index contributed by atoms with van der Waals surface area (Å²) in [4.78, 5) is 8.97. The highest BCUT2D eigenvalue weighted by atomic mass is 127. The van der Waals surface area contributed by atoms with Gasteiger partial charge in [0.2, 0.25) is 0 Å². The highest BCUT2D eigenvalue weighted by Crippen LogP contribution is 2.23. The summed E-state index contributed by atoms with van der Waals surface area (Å²) in [6.45, 7) is 9.19. The van der Waals surface area contributed by atoms with Gasteiger partial charge < -0.3 is 15.2 Å². The molecule has 0 aliphatic rings. The lowest BCUT2D eigenvalue weighted by Gasteiger charge is -2.14. The topological polar surface area (TPSA) is 54.2 Å². The summed E-state index contributed by atoms with van der Waals surface area (Å²) < 4.78 is 2.14. The average Bonchev–Trinajstić information content (AvgIpc) is 3.16. The molecule has 0 amide bonds. The molecule has 0 saturated carbocycles. The Balaban J connectivity index is 0.00000288. The van der Waals surface area contributed by atoms with Gasteiger partial charge >= 0.3 is 0 Å². The van der Waals surface area contributed by atoms with Crippen LogP contribution < -0.4 is 10.6 Å². The van der Waals surface area contributed by atoms with E-state index in [2.05, 4.69) is 58.7 Å². The second kappa shape index (κ2) is 10.0. The monoisotopic (exact) mass is 461 g/mol. The van der Waals surface area contributed by atoms with Crippen molar-refractivity contribution >= 4 is 41.3 Å². The third-order valence-corrected chi connectivity index (χ3v) is 4.41. The first-order valence-electron chi connectivity index (χ1n) is 7.99. The molecule has 24 heavy (non-hydrogen) atoms. The molecule has 134 valence electrons. The van der Waals surface area contributed by atoms with E-state index < -0.39 is 0 Å². The fourth-order valence-corrected chi connectivity index (χ4v) is 3.13. The van der Waals surface area contributed by atoms with Crippen molar-refractivity contribution in [2.75, 3.05) is 20.1 Å². The van der Waals surface area contributed by atoms with Gasteiger partial charge in [-0.25, -0.2) is 4.98 Å². The molecule has 0 atom stereocenters. The third-order valence-electron chi connectivity index (χ3n) is 3.50. The van der Waals surface area contributed by atoms with Crippen molar-refractivity contribution in [2.45, 2.75) is 39.2 Å². The third kappa shape index (κ3) is 6.80. The van der Waals surface area contributed by atoms with Gasteiger partial charge in [-0.1, -0.05) is 20.8 Å². The summed E-state index contributed by atoms with van der Waals surface area (Å²) in [6, 6.07) is 4.07. The molecule has 2 heterocycles. The highest BCUT2D eigenvalue weighted by Gasteiger charge is 2.17. The summed E-state index contributed by atoms with van der Waals surface area (Å²) >= 11 is 1.74. The van der Waals surface area contributed by atoms with Gasteiger partial charge in [-0.2, -0.15) is 0 Å².